The number of hydrogen-bond acceptors (Lipinski definition) is 2. The fourth-order valence-electron chi connectivity index (χ4n) is 4.56. The number of carbonyl (C=O) groups is 1. The van der Waals surface area contributed by atoms with Gasteiger partial charge in [-0.3, -0.25) is 4.79 Å². The van der Waals surface area contributed by atoms with Gasteiger partial charge in [0.15, 0.2) is 0 Å². The molecule has 1 fully saturated rings. The summed E-state index contributed by atoms with van der Waals surface area (Å²) in [4.78, 5) is 16.4. The van der Waals surface area contributed by atoms with Gasteiger partial charge in [-0.25, -0.2) is 0 Å². The molecule has 0 aromatic heterocycles. The van der Waals surface area contributed by atoms with Gasteiger partial charge in [-0.15, -0.1) is 0 Å². The lowest BCUT2D eigenvalue weighted by Gasteiger charge is -2.27. The number of anilines is 1. The average Bonchev–Trinajstić information content (AvgIpc) is 2.92. The third kappa shape index (κ3) is 1.55. The Hall–Kier alpha value is -1.51. The van der Waals surface area contributed by atoms with Crippen LogP contribution in [0.1, 0.15) is 48.8 Å². The van der Waals surface area contributed by atoms with E-state index in [9.17, 15) is 4.79 Å². The van der Waals surface area contributed by atoms with Crippen molar-refractivity contribution >= 4 is 11.6 Å². The van der Waals surface area contributed by atoms with Gasteiger partial charge in [-0.2, -0.15) is 0 Å². The lowest BCUT2D eigenvalue weighted by Crippen LogP contribution is -2.37. The van der Waals surface area contributed by atoms with Gasteiger partial charge in [-0.05, 0) is 36.5 Å². The maximum atomic E-state index is 11.8. The highest BCUT2D eigenvalue weighted by Crippen LogP contribution is 2.52. The SMILES string of the molecule is CC(=O)N1CCN2c3c(ccc(C)c3[C@H]3CCC[C@H]32)C1. The van der Waals surface area contributed by atoms with E-state index in [4.69, 9.17) is 0 Å². The molecule has 1 aromatic rings. The zero-order valence-corrected chi connectivity index (χ0v) is 12.4. The van der Waals surface area contributed by atoms with Crippen molar-refractivity contribution < 1.29 is 4.79 Å². The molecular formula is C17H22N2O. The van der Waals surface area contributed by atoms with Crippen LogP contribution in [0, 0.1) is 6.92 Å². The summed E-state index contributed by atoms with van der Waals surface area (Å²) in [5, 5.41) is 0. The van der Waals surface area contributed by atoms with Crippen molar-refractivity contribution in [3.05, 3.63) is 28.8 Å². The van der Waals surface area contributed by atoms with E-state index in [0.29, 0.717) is 6.04 Å². The zero-order valence-electron chi connectivity index (χ0n) is 12.4. The topological polar surface area (TPSA) is 23.6 Å². The van der Waals surface area contributed by atoms with Gasteiger partial charge in [0.2, 0.25) is 5.91 Å². The molecule has 3 heteroatoms. The minimum absolute atomic E-state index is 0.198. The summed E-state index contributed by atoms with van der Waals surface area (Å²) in [6, 6.07) is 5.19. The molecule has 0 spiro atoms. The molecule has 1 aromatic carbocycles. The first kappa shape index (κ1) is 12.2. The van der Waals surface area contributed by atoms with Crippen LogP contribution in [0.2, 0.25) is 0 Å². The van der Waals surface area contributed by atoms with Crippen LogP contribution >= 0.6 is 0 Å². The van der Waals surface area contributed by atoms with Gasteiger partial charge in [0, 0.05) is 44.2 Å². The molecule has 0 unspecified atom stereocenters. The first-order valence-electron chi connectivity index (χ1n) is 7.81. The van der Waals surface area contributed by atoms with Crippen molar-refractivity contribution in [1.29, 1.82) is 0 Å². The van der Waals surface area contributed by atoms with Gasteiger partial charge in [-0.1, -0.05) is 18.6 Å². The highest BCUT2D eigenvalue weighted by atomic mass is 16.2. The highest BCUT2D eigenvalue weighted by molar-refractivity contribution is 5.76. The third-order valence-corrected chi connectivity index (χ3v) is 5.47. The minimum Gasteiger partial charge on any atom is -0.366 e. The van der Waals surface area contributed by atoms with E-state index in [1.165, 1.54) is 36.1 Å². The van der Waals surface area contributed by atoms with Crippen molar-refractivity contribution in [2.45, 2.75) is 51.6 Å². The number of fused-ring (bicyclic) bond motifs is 3. The van der Waals surface area contributed by atoms with Crippen molar-refractivity contribution in [1.82, 2.24) is 4.90 Å². The van der Waals surface area contributed by atoms with Crippen molar-refractivity contribution in [3.8, 4) is 0 Å². The number of rotatable bonds is 0. The van der Waals surface area contributed by atoms with Crippen LogP contribution in [0.15, 0.2) is 12.1 Å². The number of hydrogen-bond donors (Lipinski definition) is 0. The Labute approximate surface area is 120 Å². The third-order valence-electron chi connectivity index (χ3n) is 5.47. The molecular weight excluding hydrogens is 248 g/mol. The Morgan fingerprint density at radius 1 is 1.25 bits per heavy atom. The fourth-order valence-corrected chi connectivity index (χ4v) is 4.56. The van der Waals surface area contributed by atoms with Gasteiger partial charge in [0.25, 0.3) is 0 Å². The molecule has 1 aliphatic carbocycles. The minimum atomic E-state index is 0.198. The molecule has 0 bridgehead atoms. The summed E-state index contributed by atoms with van der Waals surface area (Å²) >= 11 is 0. The molecule has 3 aliphatic rings. The molecule has 0 N–H and O–H groups in total. The predicted octanol–water partition coefficient (Wildman–Crippen LogP) is 2.81. The molecule has 0 radical (unpaired) electrons. The van der Waals surface area contributed by atoms with Crippen molar-refractivity contribution in [2.24, 2.45) is 0 Å². The molecule has 1 saturated carbocycles. The van der Waals surface area contributed by atoms with E-state index in [-0.39, 0.29) is 5.91 Å². The number of amides is 1. The molecule has 106 valence electrons. The van der Waals surface area contributed by atoms with E-state index in [0.717, 1.165) is 25.6 Å². The van der Waals surface area contributed by atoms with Gasteiger partial charge >= 0.3 is 0 Å². The Balaban J connectivity index is 1.86. The lowest BCUT2D eigenvalue weighted by atomic mass is 9.92. The largest absolute Gasteiger partial charge is 0.366 e. The number of nitrogens with zero attached hydrogens (tertiary/aromatic N) is 2. The summed E-state index contributed by atoms with van der Waals surface area (Å²) < 4.78 is 0. The number of carbonyl (C=O) groups excluding carboxylic acids is 1. The highest BCUT2D eigenvalue weighted by Gasteiger charge is 2.44. The maximum absolute atomic E-state index is 11.8. The van der Waals surface area contributed by atoms with E-state index >= 15 is 0 Å². The Bertz CT molecular complexity index is 581. The van der Waals surface area contributed by atoms with E-state index in [2.05, 4.69) is 24.0 Å². The van der Waals surface area contributed by atoms with Gasteiger partial charge in [0.05, 0.1) is 0 Å². The van der Waals surface area contributed by atoms with Gasteiger partial charge in [0.1, 0.15) is 0 Å². The molecule has 20 heavy (non-hydrogen) atoms. The average molecular weight is 270 g/mol. The Kier molecular flexibility index (Phi) is 2.60. The van der Waals surface area contributed by atoms with E-state index in [1.807, 2.05) is 4.90 Å². The molecule has 2 heterocycles. The van der Waals surface area contributed by atoms with Crippen LogP contribution < -0.4 is 4.90 Å². The molecule has 0 saturated heterocycles. The second kappa shape index (κ2) is 4.24. The van der Waals surface area contributed by atoms with E-state index < -0.39 is 0 Å². The van der Waals surface area contributed by atoms with Crippen LogP contribution in [-0.4, -0.2) is 29.9 Å². The smallest absolute Gasteiger partial charge is 0.219 e. The molecule has 4 rings (SSSR count). The second-order valence-electron chi connectivity index (χ2n) is 6.54. The van der Waals surface area contributed by atoms with Crippen molar-refractivity contribution in [3.63, 3.8) is 0 Å². The summed E-state index contributed by atoms with van der Waals surface area (Å²) in [6.45, 7) is 6.60. The summed E-state index contributed by atoms with van der Waals surface area (Å²) in [6.07, 6.45) is 4.01. The van der Waals surface area contributed by atoms with Gasteiger partial charge < -0.3 is 9.80 Å². The Morgan fingerprint density at radius 2 is 2.10 bits per heavy atom. The second-order valence-corrected chi connectivity index (χ2v) is 6.54. The molecule has 1 amide bonds. The fraction of sp³-hybridized carbons (Fsp3) is 0.588. The molecule has 2 aliphatic heterocycles. The zero-order chi connectivity index (χ0) is 13.9. The lowest BCUT2D eigenvalue weighted by molar-refractivity contribution is -0.129. The predicted molar refractivity (Wildman–Crippen MR) is 80.0 cm³/mol. The van der Waals surface area contributed by atoms with Crippen LogP contribution in [0.25, 0.3) is 0 Å². The summed E-state index contributed by atoms with van der Waals surface area (Å²) in [7, 11) is 0. The normalized spacial score (nSPS) is 27.3. The van der Waals surface area contributed by atoms with Crippen LogP contribution in [0.4, 0.5) is 5.69 Å². The van der Waals surface area contributed by atoms with Crippen LogP contribution in [0.5, 0.6) is 0 Å². The van der Waals surface area contributed by atoms with Crippen molar-refractivity contribution in [2.75, 3.05) is 18.0 Å². The number of aryl methyl sites for hydroxylation is 1. The maximum Gasteiger partial charge on any atom is 0.219 e. The first-order chi connectivity index (χ1) is 9.66. The van der Waals surface area contributed by atoms with E-state index in [1.54, 1.807) is 12.5 Å². The Morgan fingerprint density at radius 3 is 2.90 bits per heavy atom. The first-order valence-corrected chi connectivity index (χ1v) is 7.81. The standard InChI is InChI=1S/C17H22N2O/c1-11-6-7-13-10-18(12(2)20)8-9-19-15-5-3-4-14(15)16(11)17(13)19/h6-7,14-15H,3-5,8-10H2,1-2H3/t14-,15+/m0/s1. The molecule has 2 atom stereocenters. The summed E-state index contributed by atoms with van der Waals surface area (Å²) in [5.41, 5.74) is 5.87. The quantitative estimate of drug-likeness (QED) is 0.724. The van der Waals surface area contributed by atoms with Crippen LogP contribution in [-0.2, 0) is 11.3 Å². The summed E-state index contributed by atoms with van der Waals surface area (Å²) in [5.74, 6) is 0.942. The number of benzene rings is 1. The van der Waals surface area contributed by atoms with Crippen LogP contribution in [0.3, 0.4) is 0 Å². The molecule has 3 nitrogen and oxygen atoms in total. The monoisotopic (exact) mass is 270 g/mol.